The Bertz CT molecular complexity index is 698. The fraction of sp³-hybridized carbons (Fsp3) is 0.357. The quantitative estimate of drug-likeness (QED) is 0.922. The minimum Gasteiger partial charge on any atom is -0.495 e. The first-order chi connectivity index (χ1) is 9.19. The summed E-state index contributed by atoms with van der Waals surface area (Å²) in [6, 6.07) is 4.95. The molecule has 1 aromatic rings. The molecule has 0 fully saturated rings. The Hall–Kier alpha value is -1.82. The van der Waals surface area contributed by atoms with Crippen molar-refractivity contribution < 1.29 is 23.1 Å². The summed E-state index contributed by atoms with van der Waals surface area (Å²) in [5, 5.41) is 10.3. The van der Waals surface area contributed by atoms with Crippen LogP contribution in [-0.2, 0) is 14.6 Å². The van der Waals surface area contributed by atoms with Crippen molar-refractivity contribution in [3.05, 3.63) is 29.2 Å². The molecule has 6 heteroatoms. The molecule has 20 heavy (non-hydrogen) atoms. The van der Waals surface area contributed by atoms with Crippen LogP contribution >= 0.6 is 0 Å². The van der Waals surface area contributed by atoms with E-state index in [9.17, 15) is 18.3 Å². The van der Waals surface area contributed by atoms with E-state index in [4.69, 9.17) is 4.74 Å². The average molecular weight is 296 g/mol. The van der Waals surface area contributed by atoms with Crippen molar-refractivity contribution in [3.63, 3.8) is 0 Å². The largest absolute Gasteiger partial charge is 0.495 e. The molecule has 1 aliphatic rings. The summed E-state index contributed by atoms with van der Waals surface area (Å²) in [5.74, 6) is -0.686. The number of methoxy groups -OCH3 is 1. The van der Waals surface area contributed by atoms with Crippen LogP contribution in [0.25, 0.3) is 5.57 Å². The molecule has 1 aromatic carbocycles. The molecule has 5 nitrogen and oxygen atoms in total. The van der Waals surface area contributed by atoms with E-state index >= 15 is 0 Å². The van der Waals surface area contributed by atoms with Crippen LogP contribution in [0, 0.1) is 5.41 Å². The first-order valence-electron chi connectivity index (χ1n) is 6.05. The summed E-state index contributed by atoms with van der Waals surface area (Å²) >= 11 is 0. The van der Waals surface area contributed by atoms with E-state index in [1.807, 2.05) is 0 Å². The number of carbonyl (C=O) groups is 1. The Labute approximate surface area is 117 Å². The summed E-state index contributed by atoms with van der Waals surface area (Å²) in [6.07, 6.45) is 0.141. The monoisotopic (exact) mass is 296 g/mol. The van der Waals surface area contributed by atoms with Crippen molar-refractivity contribution in [1.82, 2.24) is 0 Å². The van der Waals surface area contributed by atoms with Gasteiger partial charge >= 0.3 is 5.97 Å². The maximum absolute atomic E-state index is 12.2. The molecule has 0 bridgehead atoms. The third-order valence-corrected chi connectivity index (χ3v) is 4.92. The first kappa shape index (κ1) is 14.6. The number of ether oxygens (including phenoxy) is 1. The number of carboxylic acids is 1. The highest BCUT2D eigenvalue weighted by Gasteiger charge is 2.36. The van der Waals surface area contributed by atoms with E-state index in [-0.39, 0.29) is 17.1 Å². The topological polar surface area (TPSA) is 80.7 Å². The normalized spacial score (nSPS) is 16.4. The maximum atomic E-state index is 12.2. The van der Waals surface area contributed by atoms with Gasteiger partial charge in [-0.15, -0.1) is 0 Å². The standard InChI is InChI=1S/C14H16O5S/c1-14(2,13(15)16)7-9-8-20(17,18)12-10(9)5-4-6-11(12)19-3/h4-6,8H,7H2,1-3H3,(H,15,16). The van der Waals surface area contributed by atoms with Crippen molar-refractivity contribution in [1.29, 1.82) is 0 Å². The Balaban J connectivity index is 2.54. The van der Waals surface area contributed by atoms with Gasteiger partial charge in [0.1, 0.15) is 10.6 Å². The minimum atomic E-state index is -3.58. The Morgan fingerprint density at radius 2 is 2.00 bits per heavy atom. The minimum absolute atomic E-state index is 0.124. The summed E-state index contributed by atoms with van der Waals surface area (Å²) in [7, 11) is -2.17. The molecule has 0 amide bonds. The molecule has 108 valence electrons. The van der Waals surface area contributed by atoms with Crippen molar-refractivity contribution in [2.45, 2.75) is 25.2 Å². The zero-order valence-electron chi connectivity index (χ0n) is 11.5. The van der Waals surface area contributed by atoms with Crippen LogP contribution in [0.4, 0.5) is 0 Å². The summed E-state index contributed by atoms with van der Waals surface area (Å²) in [6.45, 7) is 3.14. The number of hydrogen-bond acceptors (Lipinski definition) is 4. The van der Waals surface area contributed by atoms with Crippen LogP contribution in [0.3, 0.4) is 0 Å². The van der Waals surface area contributed by atoms with Gasteiger partial charge in [-0.25, -0.2) is 8.42 Å². The second kappa shape index (κ2) is 4.63. The number of carboxylic acid groups (broad SMARTS) is 1. The fourth-order valence-electron chi connectivity index (χ4n) is 2.22. The smallest absolute Gasteiger partial charge is 0.309 e. The third-order valence-electron chi connectivity index (χ3n) is 3.34. The molecule has 0 saturated heterocycles. The molecule has 2 rings (SSSR count). The third kappa shape index (κ3) is 2.31. The van der Waals surface area contributed by atoms with Gasteiger partial charge in [-0.05, 0) is 31.9 Å². The maximum Gasteiger partial charge on any atom is 0.309 e. The molecule has 0 unspecified atom stereocenters. The van der Waals surface area contributed by atoms with E-state index < -0.39 is 21.2 Å². The molecule has 1 heterocycles. The van der Waals surface area contributed by atoms with Crippen LogP contribution in [0.15, 0.2) is 28.5 Å². The number of rotatable bonds is 4. The van der Waals surface area contributed by atoms with Crippen LogP contribution in [0.5, 0.6) is 5.75 Å². The lowest BCUT2D eigenvalue weighted by molar-refractivity contribution is -0.146. The number of sulfone groups is 1. The summed E-state index contributed by atoms with van der Waals surface area (Å²) in [4.78, 5) is 11.3. The lowest BCUT2D eigenvalue weighted by atomic mass is 9.84. The van der Waals surface area contributed by atoms with Gasteiger partial charge in [-0.1, -0.05) is 12.1 Å². The predicted molar refractivity (Wildman–Crippen MR) is 74.2 cm³/mol. The van der Waals surface area contributed by atoms with Gasteiger partial charge in [0.05, 0.1) is 12.5 Å². The molecule has 0 saturated carbocycles. The van der Waals surface area contributed by atoms with Gasteiger partial charge < -0.3 is 9.84 Å². The van der Waals surface area contributed by atoms with E-state index in [0.717, 1.165) is 5.41 Å². The molecular formula is C14H16O5S. The lowest BCUT2D eigenvalue weighted by Gasteiger charge is -2.19. The Morgan fingerprint density at radius 3 is 2.55 bits per heavy atom. The van der Waals surface area contributed by atoms with Gasteiger partial charge in [-0.3, -0.25) is 4.79 Å². The lowest BCUT2D eigenvalue weighted by Crippen LogP contribution is -2.23. The van der Waals surface area contributed by atoms with Crippen molar-refractivity contribution >= 4 is 21.4 Å². The number of aliphatic carboxylic acids is 1. The first-order valence-corrected chi connectivity index (χ1v) is 7.60. The summed E-state index contributed by atoms with van der Waals surface area (Å²) < 4.78 is 29.5. The van der Waals surface area contributed by atoms with Gasteiger partial charge in [0.25, 0.3) is 0 Å². The molecular weight excluding hydrogens is 280 g/mol. The fourth-order valence-corrected chi connectivity index (χ4v) is 3.86. The molecule has 1 aliphatic heterocycles. The molecule has 0 aromatic heterocycles. The number of allylic oxidation sites excluding steroid dienone is 1. The zero-order valence-corrected chi connectivity index (χ0v) is 12.3. The summed E-state index contributed by atoms with van der Waals surface area (Å²) in [5.41, 5.74) is -0.00329. The number of benzene rings is 1. The predicted octanol–water partition coefficient (Wildman–Crippen LogP) is 2.32. The highest BCUT2D eigenvalue weighted by molar-refractivity contribution is 7.95. The molecule has 1 N–H and O–H groups in total. The Morgan fingerprint density at radius 1 is 1.35 bits per heavy atom. The Kier molecular flexibility index (Phi) is 3.37. The molecule has 0 aliphatic carbocycles. The van der Waals surface area contributed by atoms with Crippen LogP contribution in [0.2, 0.25) is 0 Å². The van der Waals surface area contributed by atoms with Crippen LogP contribution < -0.4 is 4.74 Å². The van der Waals surface area contributed by atoms with Crippen molar-refractivity contribution in [3.8, 4) is 5.75 Å². The second-order valence-corrected chi connectivity index (χ2v) is 7.12. The highest BCUT2D eigenvalue weighted by Crippen LogP contribution is 2.43. The molecule has 0 radical (unpaired) electrons. The average Bonchev–Trinajstić information content (AvgIpc) is 2.60. The van der Waals surface area contributed by atoms with Crippen LogP contribution in [-0.4, -0.2) is 26.6 Å². The van der Waals surface area contributed by atoms with E-state index in [1.54, 1.807) is 32.0 Å². The SMILES string of the molecule is COc1cccc2c1S(=O)(=O)C=C2CC(C)(C)C(=O)O. The zero-order chi connectivity index (χ0) is 15.1. The van der Waals surface area contributed by atoms with E-state index in [0.29, 0.717) is 11.1 Å². The van der Waals surface area contributed by atoms with Gasteiger partial charge in [-0.2, -0.15) is 0 Å². The van der Waals surface area contributed by atoms with Gasteiger partial charge in [0.15, 0.2) is 0 Å². The van der Waals surface area contributed by atoms with E-state index in [1.165, 1.54) is 7.11 Å². The van der Waals surface area contributed by atoms with E-state index in [2.05, 4.69) is 0 Å². The van der Waals surface area contributed by atoms with Crippen LogP contribution in [0.1, 0.15) is 25.8 Å². The van der Waals surface area contributed by atoms with Gasteiger partial charge in [0, 0.05) is 11.0 Å². The van der Waals surface area contributed by atoms with Crippen molar-refractivity contribution in [2.75, 3.05) is 7.11 Å². The van der Waals surface area contributed by atoms with Crippen molar-refractivity contribution in [2.24, 2.45) is 5.41 Å². The number of fused-ring (bicyclic) bond motifs is 1. The number of hydrogen-bond donors (Lipinski definition) is 1. The molecule has 0 atom stereocenters. The highest BCUT2D eigenvalue weighted by atomic mass is 32.2. The molecule has 0 spiro atoms. The van der Waals surface area contributed by atoms with Gasteiger partial charge in [0.2, 0.25) is 9.84 Å². The second-order valence-electron chi connectivity index (χ2n) is 5.39.